The van der Waals surface area contributed by atoms with Gasteiger partial charge in [0.05, 0.1) is 0 Å². The molecule has 28 heavy (non-hydrogen) atoms. The largest absolute Gasteiger partial charge is 0.477 e. The minimum atomic E-state index is -2.14. The summed E-state index contributed by atoms with van der Waals surface area (Å²) in [5.41, 5.74) is -0.900. The van der Waals surface area contributed by atoms with Crippen LogP contribution in [0.4, 0.5) is 14.5 Å². The third-order valence-corrected chi connectivity index (χ3v) is 9.43. The summed E-state index contributed by atoms with van der Waals surface area (Å²) in [6.45, 7) is 12.0. The lowest BCUT2D eigenvalue weighted by atomic mass is 10.1. The number of benzene rings is 1. The summed E-state index contributed by atoms with van der Waals surface area (Å²) < 4.78 is 34.3. The Morgan fingerprint density at radius 1 is 1.21 bits per heavy atom. The molecule has 0 heterocycles. The van der Waals surface area contributed by atoms with Gasteiger partial charge in [-0.3, -0.25) is 0 Å². The maximum Gasteiger partial charge on any atom is 0.344 e. The van der Waals surface area contributed by atoms with Crippen LogP contribution in [0.1, 0.15) is 33.3 Å². The topological polar surface area (TPSA) is 95.9 Å². The molecule has 0 aliphatic heterocycles. The number of halogens is 2. The van der Waals surface area contributed by atoms with Crippen molar-refractivity contribution >= 4 is 25.9 Å². The highest BCUT2D eigenvalue weighted by molar-refractivity contribution is 6.74. The molecular formula is C19H27F2NO5Si. The number of carboxylic acid groups (broad SMARTS) is 2. The molecule has 1 aromatic carbocycles. The lowest BCUT2D eigenvalue weighted by Gasteiger charge is -2.38. The molecule has 0 amide bonds. The minimum absolute atomic E-state index is 0.0295. The Morgan fingerprint density at radius 3 is 2.21 bits per heavy atom. The maximum absolute atomic E-state index is 14.4. The predicted octanol–water partition coefficient (Wildman–Crippen LogP) is 4.38. The number of rotatable bonds is 8. The highest BCUT2D eigenvalue weighted by atomic mass is 28.4. The molecule has 9 heteroatoms. The van der Waals surface area contributed by atoms with E-state index < -0.39 is 43.6 Å². The lowest BCUT2D eigenvalue weighted by Crippen LogP contribution is -2.43. The van der Waals surface area contributed by atoms with E-state index >= 15 is 0 Å². The average molecular weight is 416 g/mol. The molecule has 1 atom stereocenters. The molecule has 0 radical (unpaired) electrons. The average Bonchev–Trinajstić information content (AvgIpc) is 2.51. The molecule has 1 unspecified atom stereocenters. The van der Waals surface area contributed by atoms with Crippen LogP contribution in [0.2, 0.25) is 18.1 Å². The van der Waals surface area contributed by atoms with Gasteiger partial charge in [0, 0.05) is 30.0 Å². The Labute approximate surface area is 164 Å². The normalized spacial score (nSPS) is 13.0. The van der Waals surface area contributed by atoms with Crippen molar-refractivity contribution in [1.29, 1.82) is 0 Å². The Morgan fingerprint density at radius 2 is 1.75 bits per heavy atom. The van der Waals surface area contributed by atoms with Gasteiger partial charge in [-0.25, -0.2) is 18.4 Å². The first-order chi connectivity index (χ1) is 12.7. The molecule has 1 aromatic rings. The molecule has 0 fully saturated rings. The van der Waals surface area contributed by atoms with Gasteiger partial charge in [-0.2, -0.15) is 0 Å². The van der Waals surface area contributed by atoms with Crippen LogP contribution in [0.3, 0.4) is 0 Å². The number of hydrogen-bond donors (Lipinski definition) is 3. The molecule has 0 saturated carbocycles. The van der Waals surface area contributed by atoms with Gasteiger partial charge in [-0.15, -0.1) is 0 Å². The first-order valence-corrected chi connectivity index (χ1v) is 11.7. The van der Waals surface area contributed by atoms with E-state index in [0.717, 1.165) is 12.3 Å². The smallest absolute Gasteiger partial charge is 0.344 e. The molecule has 0 aliphatic rings. The van der Waals surface area contributed by atoms with Crippen molar-refractivity contribution in [3.63, 3.8) is 0 Å². The Bertz CT molecular complexity index is 771. The van der Waals surface area contributed by atoms with Crippen molar-refractivity contribution in [1.82, 2.24) is 0 Å². The first-order valence-electron chi connectivity index (χ1n) is 8.75. The fraction of sp³-hybridized carbons (Fsp3) is 0.474. The lowest BCUT2D eigenvalue weighted by molar-refractivity contribution is -0.140. The summed E-state index contributed by atoms with van der Waals surface area (Å²) >= 11 is 0. The minimum Gasteiger partial charge on any atom is -0.477 e. The van der Waals surface area contributed by atoms with Gasteiger partial charge >= 0.3 is 11.9 Å². The van der Waals surface area contributed by atoms with Crippen LogP contribution in [0.5, 0.6) is 0 Å². The van der Waals surface area contributed by atoms with Crippen LogP contribution >= 0.6 is 0 Å². The summed E-state index contributed by atoms with van der Waals surface area (Å²) in [5, 5.41) is 20.2. The molecule has 1 rings (SSSR count). The van der Waals surface area contributed by atoms with Gasteiger partial charge in [0.1, 0.15) is 0 Å². The van der Waals surface area contributed by atoms with Crippen LogP contribution < -0.4 is 5.32 Å². The van der Waals surface area contributed by atoms with E-state index in [1.807, 2.05) is 13.1 Å². The molecule has 3 N–H and O–H groups in total. The third kappa shape index (κ3) is 5.87. The highest BCUT2D eigenvalue weighted by Gasteiger charge is 2.38. The summed E-state index contributed by atoms with van der Waals surface area (Å²) in [6, 6.07) is 2.11. The van der Waals surface area contributed by atoms with Crippen LogP contribution in [0, 0.1) is 11.6 Å². The van der Waals surface area contributed by atoms with Crippen molar-refractivity contribution in [3.05, 3.63) is 41.1 Å². The van der Waals surface area contributed by atoms with E-state index in [1.54, 1.807) is 6.92 Å². The maximum atomic E-state index is 14.4. The predicted molar refractivity (Wildman–Crippen MR) is 105 cm³/mol. The van der Waals surface area contributed by atoms with Gasteiger partial charge in [-0.1, -0.05) is 20.8 Å². The fourth-order valence-electron chi connectivity index (χ4n) is 2.30. The van der Waals surface area contributed by atoms with Crippen molar-refractivity contribution in [2.75, 3.05) is 5.32 Å². The van der Waals surface area contributed by atoms with E-state index in [4.69, 9.17) is 14.6 Å². The molecule has 156 valence electrons. The summed E-state index contributed by atoms with van der Waals surface area (Å²) in [7, 11) is -2.14. The third-order valence-electron chi connectivity index (χ3n) is 4.82. The van der Waals surface area contributed by atoms with Gasteiger partial charge in [-0.05, 0) is 37.2 Å². The monoisotopic (exact) mass is 415 g/mol. The zero-order chi connectivity index (χ0) is 21.9. The zero-order valence-electron chi connectivity index (χ0n) is 16.9. The first kappa shape index (κ1) is 23.8. The van der Waals surface area contributed by atoms with Gasteiger partial charge in [0.2, 0.25) is 0 Å². The summed E-state index contributed by atoms with van der Waals surface area (Å²) in [6.07, 6.45) is 0.335. The van der Waals surface area contributed by atoms with Crippen LogP contribution in [-0.2, 0) is 20.4 Å². The molecule has 6 nitrogen and oxygen atoms in total. The molecular weight excluding hydrogens is 388 g/mol. The van der Waals surface area contributed by atoms with E-state index in [1.165, 1.54) is 6.07 Å². The second-order valence-electron chi connectivity index (χ2n) is 8.09. The SMILES string of the molecule is CC(Cc1c(NC=C(C(=O)O)C(=O)O)ccc(F)c1F)O[Si](C)(C)C(C)(C)C. The van der Waals surface area contributed by atoms with E-state index in [-0.39, 0.29) is 22.7 Å². The van der Waals surface area contributed by atoms with Crippen LogP contribution in [-0.4, -0.2) is 36.6 Å². The Kier molecular flexibility index (Phi) is 7.50. The Balaban J connectivity index is 3.18. The second-order valence-corrected chi connectivity index (χ2v) is 12.8. The molecule has 0 bridgehead atoms. The van der Waals surface area contributed by atoms with Crippen LogP contribution in [0.15, 0.2) is 23.9 Å². The van der Waals surface area contributed by atoms with Crippen molar-refractivity contribution < 1.29 is 33.0 Å². The van der Waals surface area contributed by atoms with Crippen molar-refractivity contribution in [2.45, 2.75) is 58.4 Å². The number of carbonyl (C=O) groups is 2. The second kappa shape index (κ2) is 8.83. The molecule has 0 aromatic heterocycles. The number of aliphatic carboxylic acids is 2. The number of carboxylic acids is 2. The standard InChI is InChI=1S/C19H27F2NO5Si/c1-11(27-28(5,6)19(2,3)4)9-12-15(8-7-14(20)16(12)21)22-10-13(17(23)24)18(25)26/h7-8,10-11,22H,9H2,1-6H3,(H,23,24)(H,25,26). The van der Waals surface area contributed by atoms with Gasteiger partial charge in [0.15, 0.2) is 25.5 Å². The summed E-state index contributed by atoms with van der Waals surface area (Å²) in [5.74, 6) is -5.45. The van der Waals surface area contributed by atoms with E-state index in [9.17, 15) is 18.4 Å². The number of hydrogen-bond acceptors (Lipinski definition) is 4. The van der Waals surface area contributed by atoms with E-state index in [0.29, 0.717) is 0 Å². The summed E-state index contributed by atoms with van der Waals surface area (Å²) in [4.78, 5) is 21.9. The highest BCUT2D eigenvalue weighted by Crippen LogP contribution is 2.38. The fourth-order valence-corrected chi connectivity index (χ4v) is 3.74. The molecule has 0 saturated heterocycles. The van der Waals surface area contributed by atoms with Crippen molar-refractivity contribution in [3.8, 4) is 0 Å². The number of anilines is 1. The molecule has 0 spiro atoms. The van der Waals surface area contributed by atoms with Gasteiger partial charge < -0.3 is 20.0 Å². The van der Waals surface area contributed by atoms with Gasteiger partial charge in [0.25, 0.3) is 0 Å². The molecule has 0 aliphatic carbocycles. The van der Waals surface area contributed by atoms with Crippen molar-refractivity contribution in [2.24, 2.45) is 0 Å². The van der Waals surface area contributed by atoms with E-state index in [2.05, 4.69) is 26.1 Å². The van der Waals surface area contributed by atoms with Crippen LogP contribution in [0.25, 0.3) is 0 Å². The quantitative estimate of drug-likeness (QED) is 0.252. The number of nitrogens with one attached hydrogen (secondary N) is 1. The Hall–Kier alpha value is -2.26. The zero-order valence-corrected chi connectivity index (χ0v) is 17.9.